The number of hydrogen-bond acceptors (Lipinski definition) is 9. The Morgan fingerprint density at radius 1 is 0.885 bits per heavy atom. The minimum absolute atomic E-state index is 0.0490. The van der Waals surface area contributed by atoms with Crippen LogP contribution in [0.1, 0.15) is 75.2 Å². The number of azide groups is 1. The zero-order chi connectivity index (χ0) is 45.2. The third-order valence-electron chi connectivity index (χ3n) is 9.98. The number of anilines is 1. The summed E-state index contributed by atoms with van der Waals surface area (Å²) in [6.07, 6.45) is 8.89. The highest BCUT2D eigenvalue weighted by atomic mass is 19.2. The van der Waals surface area contributed by atoms with Crippen molar-refractivity contribution in [2.24, 2.45) is 10.5 Å². The normalized spacial score (nSPS) is 16.6. The van der Waals surface area contributed by atoms with Gasteiger partial charge >= 0.3 is 5.97 Å². The third-order valence-corrected chi connectivity index (χ3v) is 9.98. The number of benzene rings is 2. The van der Waals surface area contributed by atoms with Crippen molar-refractivity contribution in [3.63, 3.8) is 0 Å². The smallest absolute Gasteiger partial charge is 0.305 e. The molecule has 2 aromatic carbocycles. The van der Waals surface area contributed by atoms with Gasteiger partial charge in [-0.1, -0.05) is 36.0 Å². The van der Waals surface area contributed by atoms with E-state index in [1.165, 1.54) is 7.11 Å². The van der Waals surface area contributed by atoms with Crippen molar-refractivity contribution in [2.45, 2.75) is 76.5 Å². The van der Waals surface area contributed by atoms with Crippen LogP contribution in [0.2, 0.25) is 0 Å². The van der Waals surface area contributed by atoms with Gasteiger partial charge in [0.1, 0.15) is 5.69 Å². The largest absolute Gasteiger partial charge is 0.469 e. The number of hydrogen-bond donors (Lipinski definition) is 4. The van der Waals surface area contributed by atoms with Crippen LogP contribution in [-0.2, 0) is 44.6 Å². The quantitative estimate of drug-likeness (QED) is 0.0112. The van der Waals surface area contributed by atoms with E-state index in [4.69, 9.17) is 21.4 Å². The lowest BCUT2D eigenvalue weighted by Gasteiger charge is -2.37. The Kier molecular flexibility index (Phi) is 19.4. The van der Waals surface area contributed by atoms with Crippen LogP contribution < -0.4 is 21.3 Å². The van der Waals surface area contributed by atoms with Crippen LogP contribution in [0.5, 0.6) is 0 Å². The first-order chi connectivity index (χ1) is 29.0. The van der Waals surface area contributed by atoms with E-state index in [0.29, 0.717) is 61.7 Å². The van der Waals surface area contributed by atoms with Gasteiger partial charge in [0, 0.05) is 43.0 Å². The Balaban J connectivity index is 1.49. The van der Waals surface area contributed by atoms with E-state index in [2.05, 4.69) is 42.0 Å². The van der Waals surface area contributed by atoms with Gasteiger partial charge in [0.15, 0.2) is 41.0 Å². The topological polar surface area (TPSA) is 210 Å². The minimum Gasteiger partial charge on any atom is -0.469 e. The zero-order valence-corrected chi connectivity index (χ0v) is 34.7. The molecule has 1 heterocycles. The van der Waals surface area contributed by atoms with Gasteiger partial charge in [0.05, 0.1) is 53.6 Å². The van der Waals surface area contributed by atoms with Crippen molar-refractivity contribution in [1.82, 2.24) is 16.0 Å². The zero-order valence-electron chi connectivity index (χ0n) is 34.7. The molecule has 4 N–H and O–H groups in total. The van der Waals surface area contributed by atoms with Gasteiger partial charge in [-0.25, -0.2) is 17.6 Å². The Morgan fingerprint density at radius 2 is 1.49 bits per heavy atom. The SMILES string of the molecule is C#CCNC(=O)C1(C(=O)NCCCC[C@@H](C(=O)NCCc2ccc(NC(=O)CCCCCCC(=O)OC)cc2)[N+](C)(C)C)COC(c2c(F)c(F)c(N=[N+]=[N-])c(F)c2F)OC1. The molecule has 20 heteroatoms. The number of terminal acetylenes is 1. The molecule has 1 saturated heterocycles. The van der Waals surface area contributed by atoms with Crippen molar-refractivity contribution in [2.75, 3.05) is 66.4 Å². The Morgan fingerprint density at radius 3 is 2.07 bits per heavy atom. The number of likely N-dealkylation sites (N-methyl/N-ethyl adjacent to an activating group) is 1. The fraction of sp³-hybridized carbons (Fsp3) is 0.537. The Hall–Kier alpha value is -5.74. The van der Waals surface area contributed by atoms with Gasteiger partial charge in [-0.2, -0.15) is 0 Å². The fourth-order valence-electron chi connectivity index (χ4n) is 6.48. The highest BCUT2D eigenvalue weighted by Crippen LogP contribution is 2.39. The number of carbonyl (C=O) groups excluding carboxylic acids is 5. The maximum atomic E-state index is 14.8. The van der Waals surface area contributed by atoms with E-state index in [9.17, 15) is 41.5 Å². The second-order valence-electron chi connectivity index (χ2n) is 15.3. The first-order valence-electron chi connectivity index (χ1n) is 19.7. The number of halogens is 4. The van der Waals surface area contributed by atoms with Gasteiger partial charge in [-0.05, 0) is 55.3 Å². The summed E-state index contributed by atoms with van der Waals surface area (Å²) in [7, 11) is 7.01. The van der Waals surface area contributed by atoms with E-state index < -0.39 is 77.3 Å². The summed E-state index contributed by atoms with van der Waals surface area (Å²) < 4.78 is 74.0. The van der Waals surface area contributed by atoms with Crippen LogP contribution in [0.15, 0.2) is 29.4 Å². The second-order valence-corrected chi connectivity index (χ2v) is 15.3. The Bertz CT molecular complexity index is 1930. The molecule has 0 aliphatic carbocycles. The molecule has 0 saturated carbocycles. The highest BCUT2D eigenvalue weighted by Gasteiger charge is 2.51. The van der Waals surface area contributed by atoms with Crippen molar-refractivity contribution in [3.05, 3.63) is 69.1 Å². The molecular formula is C41H53F4N8O8+. The summed E-state index contributed by atoms with van der Waals surface area (Å²) in [6.45, 7) is -1.53. The molecule has 3 rings (SSSR count). The number of methoxy groups -OCH3 is 1. The van der Waals surface area contributed by atoms with Gasteiger partial charge in [-0.15, -0.1) is 6.42 Å². The van der Waals surface area contributed by atoms with E-state index in [1.807, 2.05) is 33.3 Å². The molecule has 1 aliphatic heterocycles. The number of rotatable bonds is 23. The molecule has 16 nitrogen and oxygen atoms in total. The van der Waals surface area contributed by atoms with Crippen LogP contribution in [0.4, 0.5) is 28.9 Å². The number of carbonyl (C=O) groups is 5. The molecule has 0 unspecified atom stereocenters. The summed E-state index contributed by atoms with van der Waals surface area (Å²) in [6, 6.07) is 6.91. The van der Waals surface area contributed by atoms with Gasteiger partial charge in [0.2, 0.25) is 17.7 Å². The third kappa shape index (κ3) is 14.2. The molecule has 2 aromatic rings. The maximum Gasteiger partial charge on any atom is 0.305 e. The van der Waals surface area contributed by atoms with Crippen molar-refractivity contribution in [1.29, 1.82) is 0 Å². The Labute approximate surface area is 351 Å². The van der Waals surface area contributed by atoms with Crippen LogP contribution in [0.25, 0.3) is 10.4 Å². The molecule has 1 atom stereocenters. The van der Waals surface area contributed by atoms with Gasteiger partial charge < -0.3 is 40.0 Å². The standard InChI is InChI=1S/C41H52F4N8O8/c1-6-21-48-39(57)41(24-60-38(61-25-41)31-32(42)34(44)36(51-52-46)35(45)33(31)43)40(58)49-22-12-11-13-28(53(2,3)4)37(56)47-23-20-26-16-18-27(19-17-26)50-29(54)14-9-7-8-10-15-30(55)59-5/h1,16-19,28,38H,7-15,20-25H2,2-5H3,(H3-,47,48,49,50,54,56,57,58)/p+1/t28-,38?,41?/m0/s1. The number of amides is 4. The van der Waals surface area contributed by atoms with Crippen LogP contribution >= 0.6 is 0 Å². The molecule has 0 radical (unpaired) electrons. The van der Waals surface area contributed by atoms with E-state index in [-0.39, 0.29) is 30.9 Å². The lowest BCUT2D eigenvalue weighted by molar-refractivity contribution is -0.886. The lowest BCUT2D eigenvalue weighted by Crippen LogP contribution is -2.59. The first kappa shape index (κ1) is 49.6. The van der Waals surface area contributed by atoms with Crippen molar-refractivity contribution in [3.8, 4) is 12.3 Å². The molecule has 332 valence electrons. The molecule has 61 heavy (non-hydrogen) atoms. The molecule has 4 amide bonds. The summed E-state index contributed by atoms with van der Waals surface area (Å²) in [4.78, 5) is 65.6. The summed E-state index contributed by atoms with van der Waals surface area (Å²) in [5, 5.41) is 13.5. The fourth-order valence-corrected chi connectivity index (χ4v) is 6.48. The average molecular weight is 862 g/mol. The molecular weight excluding hydrogens is 808 g/mol. The molecule has 0 aromatic heterocycles. The van der Waals surface area contributed by atoms with E-state index in [0.717, 1.165) is 24.8 Å². The van der Waals surface area contributed by atoms with E-state index >= 15 is 0 Å². The summed E-state index contributed by atoms with van der Waals surface area (Å²) in [5.41, 5.74) is 5.14. The number of quaternary nitrogens is 1. The predicted molar refractivity (Wildman–Crippen MR) is 214 cm³/mol. The number of unbranched alkanes of at least 4 members (excludes halogenated alkanes) is 4. The molecule has 0 bridgehead atoms. The van der Waals surface area contributed by atoms with Crippen molar-refractivity contribution < 1.29 is 60.2 Å². The van der Waals surface area contributed by atoms with Crippen LogP contribution in [0.3, 0.4) is 0 Å². The number of esters is 1. The van der Waals surface area contributed by atoms with Crippen molar-refractivity contribution >= 4 is 41.0 Å². The number of nitrogens with one attached hydrogen (secondary N) is 4. The number of nitrogens with zero attached hydrogens (tertiary/aromatic N) is 4. The second kappa shape index (κ2) is 23.9. The first-order valence-corrected chi connectivity index (χ1v) is 19.7. The predicted octanol–water partition coefficient (Wildman–Crippen LogP) is 5.14. The summed E-state index contributed by atoms with van der Waals surface area (Å²) >= 11 is 0. The molecule has 0 spiro atoms. The lowest BCUT2D eigenvalue weighted by atomic mass is 9.86. The maximum absolute atomic E-state index is 14.8. The van der Waals surface area contributed by atoms with Crippen LogP contribution in [0, 0.1) is 41.0 Å². The average Bonchev–Trinajstić information content (AvgIpc) is 3.23. The minimum atomic E-state index is -2.11. The van der Waals surface area contributed by atoms with E-state index in [1.54, 1.807) is 12.1 Å². The molecule has 1 aliphatic rings. The number of ether oxygens (including phenoxy) is 3. The van der Waals surface area contributed by atoms with Crippen LogP contribution in [-0.4, -0.2) is 101 Å². The molecule has 1 fully saturated rings. The highest BCUT2D eigenvalue weighted by molar-refractivity contribution is 6.05. The van der Waals surface area contributed by atoms with Gasteiger partial charge in [0.25, 0.3) is 5.91 Å². The van der Waals surface area contributed by atoms with Gasteiger partial charge in [-0.3, -0.25) is 24.0 Å². The monoisotopic (exact) mass is 861 g/mol. The summed E-state index contributed by atoms with van der Waals surface area (Å²) in [5.74, 6) is -8.02.